The zero-order valence-corrected chi connectivity index (χ0v) is 5.79. The van der Waals surface area contributed by atoms with Crippen molar-refractivity contribution >= 4 is 5.78 Å². The zero-order chi connectivity index (χ0) is 6.72. The first-order chi connectivity index (χ1) is 4.86. The highest BCUT2D eigenvalue weighted by molar-refractivity contribution is 5.89. The van der Waals surface area contributed by atoms with Gasteiger partial charge in [0.1, 0.15) is 5.78 Å². The number of allylic oxidation sites excluding steroid dienone is 2. The fourth-order valence-corrected chi connectivity index (χ4v) is 2.45. The van der Waals surface area contributed by atoms with E-state index in [1.807, 2.05) is 0 Å². The molecule has 0 amide bonds. The molecule has 3 aliphatic carbocycles. The van der Waals surface area contributed by atoms with Gasteiger partial charge in [-0.05, 0) is 24.2 Å². The Balaban J connectivity index is 1.96. The van der Waals surface area contributed by atoms with Gasteiger partial charge in [-0.1, -0.05) is 12.2 Å². The molecule has 0 N–H and O–H groups in total. The summed E-state index contributed by atoms with van der Waals surface area (Å²) in [4.78, 5) is 11.0. The second kappa shape index (κ2) is 1.36. The number of Topliss-reactive ketones (excluding diaryl/α,β-unsaturated/α-hetero) is 1. The molecule has 0 aromatic carbocycles. The Morgan fingerprint density at radius 1 is 1.30 bits per heavy atom. The van der Waals surface area contributed by atoms with Crippen LogP contribution < -0.4 is 0 Å². The molecule has 1 heteroatoms. The van der Waals surface area contributed by atoms with Gasteiger partial charge in [0.05, 0.1) is 0 Å². The third kappa shape index (κ3) is 0.437. The molecule has 3 rings (SSSR count). The van der Waals surface area contributed by atoms with Crippen LogP contribution in [0.5, 0.6) is 0 Å². The molecule has 3 aliphatic rings. The average Bonchev–Trinajstić information content (AvgIpc) is 2.63. The summed E-state index contributed by atoms with van der Waals surface area (Å²) in [5, 5.41) is 0. The van der Waals surface area contributed by atoms with Crippen molar-refractivity contribution in [2.24, 2.45) is 23.7 Å². The lowest BCUT2D eigenvalue weighted by atomic mass is 9.67. The second-order valence-electron chi connectivity index (χ2n) is 3.81. The van der Waals surface area contributed by atoms with Gasteiger partial charge in [-0.15, -0.1) is 0 Å². The Bertz CT molecular complexity index is 229. The van der Waals surface area contributed by atoms with Crippen LogP contribution in [0.1, 0.15) is 12.8 Å². The molecule has 0 saturated heterocycles. The summed E-state index contributed by atoms with van der Waals surface area (Å²) < 4.78 is 0. The zero-order valence-electron chi connectivity index (χ0n) is 5.79. The lowest BCUT2D eigenvalue weighted by molar-refractivity contribution is -0.132. The summed E-state index contributed by atoms with van der Waals surface area (Å²) in [5.41, 5.74) is 0. The van der Waals surface area contributed by atoms with Gasteiger partial charge in [0, 0.05) is 12.3 Å². The molecule has 0 aliphatic heterocycles. The molecule has 0 bridgehead atoms. The van der Waals surface area contributed by atoms with E-state index < -0.39 is 0 Å². The molecule has 2 saturated carbocycles. The molecule has 1 nitrogen and oxygen atoms in total. The third-order valence-electron chi connectivity index (χ3n) is 3.28. The Labute approximate surface area is 60.1 Å². The van der Waals surface area contributed by atoms with Crippen LogP contribution in [0.3, 0.4) is 0 Å². The molecular weight excluding hydrogens is 124 g/mol. The maximum atomic E-state index is 11.0. The van der Waals surface area contributed by atoms with Gasteiger partial charge < -0.3 is 0 Å². The summed E-state index contributed by atoms with van der Waals surface area (Å²) in [6.45, 7) is 0. The summed E-state index contributed by atoms with van der Waals surface area (Å²) in [7, 11) is 0. The number of carbonyl (C=O) groups is 1. The monoisotopic (exact) mass is 134 g/mol. The fourth-order valence-electron chi connectivity index (χ4n) is 2.45. The smallest absolute Gasteiger partial charge is 0.140 e. The molecule has 0 aromatic rings. The summed E-state index contributed by atoms with van der Waals surface area (Å²) in [6.07, 6.45) is 6.65. The topological polar surface area (TPSA) is 17.1 Å². The lowest BCUT2D eigenvalue weighted by Gasteiger charge is -2.35. The Morgan fingerprint density at radius 2 is 2.20 bits per heavy atom. The largest absolute Gasteiger partial charge is 0.299 e. The number of rotatable bonds is 0. The van der Waals surface area contributed by atoms with Crippen molar-refractivity contribution < 1.29 is 4.79 Å². The van der Waals surface area contributed by atoms with Crippen molar-refractivity contribution in [3.8, 4) is 0 Å². The molecule has 0 spiro atoms. The van der Waals surface area contributed by atoms with Gasteiger partial charge in [-0.2, -0.15) is 0 Å². The third-order valence-corrected chi connectivity index (χ3v) is 3.28. The van der Waals surface area contributed by atoms with E-state index >= 15 is 0 Å². The molecule has 52 valence electrons. The SMILES string of the molecule is O=C1C[C@@H]2[C@H]3C[C@H]3C=C[C@H]12. The van der Waals surface area contributed by atoms with Crippen LogP contribution in [0.25, 0.3) is 0 Å². The molecule has 2 fully saturated rings. The van der Waals surface area contributed by atoms with Gasteiger partial charge in [0.2, 0.25) is 0 Å². The fraction of sp³-hybridized carbons (Fsp3) is 0.667. The number of hydrogen-bond acceptors (Lipinski definition) is 1. The molecule has 0 unspecified atom stereocenters. The van der Waals surface area contributed by atoms with Crippen LogP contribution in [-0.2, 0) is 4.79 Å². The van der Waals surface area contributed by atoms with E-state index in [-0.39, 0.29) is 0 Å². The van der Waals surface area contributed by atoms with Crippen molar-refractivity contribution in [2.45, 2.75) is 12.8 Å². The van der Waals surface area contributed by atoms with E-state index in [1.54, 1.807) is 0 Å². The first-order valence-corrected chi connectivity index (χ1v) is 4.07. The summed E-state index contributed by atoms with van der Waals surface area (Å²) >= 11 is 0. The maximum Gasteiger partial charge on any atom is 0.140 e. The minimum Gasteiger partial charge on any atom is -0.299 e. The van der Waals surface area contributed by atoms with Crippen LogP contribution in [0, 0.1) is 23.7 Å². The highest BCUT2D eigenvalue weighted by atomic mass is 16.1. The van der Waals surface area contributed by atoms with E-state index in [4.69, 9.17) is 0 Å². The first-order valence-electron chi connectivity index (χ1n) is 4.07. The van der Waals surface area contributed by atoms with Crippen molar-refractivity contribution in [1.82, 2.24) is 0 Å². The van der Waals surface area contributed by atoms with Gasteiger partial charge >= 0.3 is 0 Å². The molecular formula is C9H10O. The van der Waals surface area contributed by atoms with Crippen LogP contribution in [0.2, 0.25) is 0 Å². The average molecular weight is 134 g/mol. The quantitative estimate of drug-likeness (QED) is 0.458. The van der Waals surface area contributed by atoms with Gasteiger partial charge in [-0.3, -0.25) is 4.79 Å². The van der Waals surface area contributed by atoms with Gasteiger partial charge in [0.15, 0.2) is 0 Å². The maximum absolute atomic E-state index is 11.0. The molecule has 0 aromatic heterocycles. The van der Waals surface area contributed by atoms with E-state index in [2.05, 4.69) is 12.2 Å². The summed E-state index contributed by atoms with van der Waals surface area (Å²) in [6, 6.07) is 0. The number of carbonyl (C=O) groups excluding carboxylic acids is 1. The highest BCUT2D eigenvalue weighted by Gasteiger charge is 2.53. The predicted molar refractivity (Wildman–Crippen MR) is 37.3 cm³/mol. The van der Waals surface area contributed by atoms with Crippen molar-refractivity contribution in [1.29, 1.82) is 0 Å². The van der Waals surface area contributed by atoms with Gasteiger partial charge in [-0.25, -0.2) is 0 Å². The Kier molecular flexibility index (Phi) is 0.697. The van der Waals surface area contributed by atoms with Crippen molar-refractivity contribution in [3.63, 3.8) is 0 Å². The van der Waals surface area contributed by atoms with E-state index in [0.717, 1.165) is 24.2 Å². The normalized spacial score (nSPS) is 55.0. The van der Waals surface area contributed by atoms with Crippen LogP contribution >= 0.6 is 0 Å². The minimum atomic E-state index is 0.351. The number of ketones is 1. The summed E-state index contributed by atoms with van der Waals surface area (Å²) in [5.74, 6) is 3.37. The Morgan fingerprint density at radius 3 is 3.00 bits per heavy atom. The minimum absolute atomic E-state index is 0.351. The van der Waals surface area contributed by atoms with Gasteiger partial charge in [0.25, 0.3) is 0 Å². The number of hydrogen-bond donors (Lipinski definition) is 0. The highest BCUT2D eigenvalue weighted by Crippen LogP contribution is 2.57. The Hall–Kier alpha value is -0.590. The molecule has 10 heavy (non-hydrogen) atoms. The first kappa shape index (κ1) is 5.11. The molecule has 4 atom stereocenters. The molecule has 0 radical (unpaired) electrons. The van der Waals surface area contributed by atoms with E-state index in [1.165, 1.54) is 6.42 Å². The predicted octanol–water partition coefficient (Wildman–Crippen LogP) is 1.40. The van der Waals surface area contributed by atoms with Crippen molar-refractivity contribution in [3.05, 3.63) is 12.2 Å². The van der Waals surface area contributed by atoms with E-state index in [9.17, 15) is 4.79 Å². The van der Waals surface area contributed by atoms with Crippen LogP contribution in [0.4, 0.5) is 0 Å². The van der Waals surface area contributed by atoms with Crippen LogP contribution in [-0.4, -0.2) is 5.78 Å². The number of fused-ring (bicyclic) bond motifs is 3. The van der Waals surface area contributed by atoms with Crippen LogP contribution in [0.15, 0.2) is 12.2 Å². The standard InChI is InChI=1S/C9H10O/c10-9-4-8-6(9)2-1-5-3-7(5)8/h1-2,5-8H,3-4H2/t5-,6+,7+,8+/m1/s1. The van der Waals surface area contributed by atoms with E-state index in [0.29, 0.717) is 11.7 Å². The van der Waals surface area contributed by atoms with Crippen molar-refractivity contribution in [2.75, 3.05) is 0 Å². The molecule has 0 heterocycles. The second-order valence-corrected chi connectivity index (χ2v) is 3.81. The lowest BCUT2D eigenvalue weighted by Crippen LogP contribution is -2.38.